The molecule has 1 N–H and O–H groups in total. The summed E-state index contributed by atoms with van der Waals surface area (Å²) < 4.78 is 13.7. The quantitative estimate of drug-likeness (QED) is 0.473. The van der Waals surface area contributed by atoms with E-state index in [2.05, 4.69) is 15.5 Å². The average molecular weight is 425 g/mol. The molecule has 2 aromatic heterocycles. The van der Waals surface area contributed by atoms with Crippen molar-refractivity contribution in [3.63, 3.8) is 0 Å². The molecule has 0 fully saturated rings. The number of anilines is 1. The van der Waals surface area contributed by atoms with E-state index in [-0.39, 0.29) is 17.2 Å². The molecule has 0 atom stereocenters. The summed E-state index contributed by atoms with van der Waals surface area (Å²) in [6.07, 6.45) is 0. The maximum absolute atomic E-state index is 12.5. The summed E-state index contributed by atoms with van der Waals surface area (Å²) in [4.78, 5) is 25.0. The van der Waals surface area contributed by atoms with Crippen molar-refractivity contribution in [3.05, 3.63) is 52.8 Å². The Hall–Kier alpha value is -3.53. The van der Waals surface area contributed by atoms with Crippen molar-refractivity contribution in [2.75, 3.05) is 25.3 Å². The van der Waals surface area contributed by atoms with E-state index < -0.39 is 0 Å². The van der Waals surface area contributed by atoms with E-state index in [1.165, 1.54) is 16.3 Å². The lowest BCUT2D eigenvalue weighted by Gasteiger charge is -2.10. The average Bonchev–Trinajstić information content (AvgIpc) is 3.20. The van der Waals surface area contributed by atoms with E-state index in [1.54, 1.807) is 49.9 Å². The predicted octanol–water partition coefficient (Wildman–Crippen LogP) is 2.33. The third kappa shape index (κ3) is 3.57. The first-order valence-corrected chi connectivity index (χ1v) is 9.99. The minimum Gasteiger partial charge on any atom is -0.497 e. The summed E-state index contributed by atoms with van der Waals surface area (Å²) in [6, 6.07) is 12.4. The van der Waals surface area contributed by atoms with Crippen LogP contribution in [0.5, 0.6) is 11.5 Å². The van der Waals surface area contributed by atoms with E-state index >= 15 is 0 Å². The Morgan fingerprint density at radius 1 is 1.10 bits per heavy atom. The number of aromatic nitrogens is 4. The third-order valence-electron chi connectivity index (χ3n) is 4.56. The number of para-hydroxylation sites is 1. The van der Waals surface area contributed by atoms with Crippen LogP contribution >= 0.6 is 11.8 Å². The Kier molecular flexibility index (Phi) is 5.32. The molecule has 0 aliphatic heterocycles. The van der Waals surface area contributed by atoms with E-state index in [9.17, 15) is 9.59 Å². The van der Waals surface area contributed by atoms with Gasteiger partial charge in [-0.1, -0.05) is 23.9 Å². The highest BCUT2D eigenvalue weighted by Crippen LogP contribution is 2.26. The van der Waals surface area contributed by atoms with E-state index in [0.29, 0.717) is 39.0 Å². The number of fused-ring (bicyclic) bond motifs is 3. The van der Waals surface area contributed by atoms with Crippen LogP contribution in [0.1, 0.15) is 0 Å². The fourth-order valence-corrected chi connectivity index (χ4v) is 3.85. The van der Waals surface area contributed by atoms with Crippen molar-refractivity contribution < 1.29 is 14.3 Å². The number of hydrogen-bond acceptors (Lipinski definition) is 7. The minimum atomic E-state index is -0.221. The molecule has 0 aliphatic carbocycles. The van der Waals surface area contributed by atoms with Crippen LogP contribution in [0.25, 0.3) is 16.7 Å². The fraction of sp³-hybridized carbons (Fsp3) is 0.200. The van der Waals surface area contributed by atoms with Crippen molar-refractivity contribution >= 4 is 40.0 Å². The van der Waals surface area contributed by atoms with Gasteiger partial charge < -0.3 is 14.8 Å². The van der Waals surface area contributed by atoms with Crippen LogP contribution in [0.15, 0.2) is 52.4 Å². The smallest absolute Gasteiger partial charge is 0.262 e. The lowest BCUT2D eigenvalue weighted by molar-refractivity contribution is -0.113. The van der Waals surface area contributed by atoms with Gasteiger partial charge in [0.1, 0.15) is 11.5 Å². The SMILES string of the molecule is COc1cc(NC(=O)CSc2nnc3n(C)c(=O)c4ccccc4n23)cc(OC)c1. The number of nitrogens with zero attached hydrogens (tertiary/aromatic N) is 4. The number of nitrogens with one attached hydrogen (secondary N) is 1. The summed E-state index contributed by atoms with van der Waals surface area (Å²) in [5, 5.41) is 12.2. The number of carbonyl (C=O) groups is 1. The second-order valence-corrected chi connectivity index (χ2v) is 7.38. The molecule has 0 saturated carbocycles. The lowest BCUT2D eigenvalue weighted by atomic mass is 10.2. The maximum atomic E-state index is 12.5. The predicted molar refractivity (Wildman–Crippen MR) is 115 cm³/mol. The van der Waals surface area contributed by atoms with E-state index in [4.69, 9.17) is 9.47 Å². The molecule has 4 rings (SSSR count). The van der Waals surface area contributed by atoms with Gasteiger partial charge in [0.2, 0.25) is 11.7 Å². The highest BCUT2D eigenvalue weighted by molar-refractivity contribution is 7.99. The van der Waals surface area contributed by atoms with Gasteiger partial charge in [-0.05, 0) is 12.1 Å². The summed E-state index contributed by atoms with van der Waals surface area (Å²) in [5.74, 6) is 1.46. The van der Waals surface area contributed by atoms with Crippen molar-refractivity contribution in [3.8, 4) is 11.5 Å². The molecule has 0 saturated heterocycles. The zero-order chi connectivity index (χ0) is 21.3. The molecule has 0 unspecified atom stereocenters. The van der Waals surface area contributed by atoms with Crippen molar-refractivity contribution in [2.45, 2.75) is 5.16 Å². The molecule has 4 aromatic rings. The molecule has 1 amide bonds. The van der Waals surface area contributed by atoms with Crippen LogP contribution in [0.4, 0.5) is 5.69 Å². The number of rotatable bonds is 6. The molecular formula is C20H19N5O4S. The Balaban J connectivity index is 1.59. The van der Waals surface area contributed by atoms with E-state index in [0.717, 1.165) is 0 Å². The normalized spacial score (nSPS) is 11.0. The number of carbonyl (C=O) groups excluding carboxylic acids is 1. The Labute approximate surface area is 175 Å². The highest BCUT2D eigenvalue weighted by Gasteiger charge is 2.16. The first-order chi connectivity index (χ1) is 14.5. The van der Waals surface area contributed by atoms with Crippen LogP contribution in [-0.2, 0) is 11.8 Å². The van der Waals surface area contributed by atoms with Crippen LogP contribution in [0.3, 0.4) is 0 Å². The molecule has 0 bridgehead atoms. The zero-order valence-electron chi connectivity index (χ0n) is 16.6. The van der Waals surface area contributed by atoms with Gasteiger partial charge in [-0.2, -0.15) is 0 Å². The molecule has 2 heterocycles. The first-order valence-electron chi connectivity index (χ1n) is 9.00. The molecule has 30 heavy (non-hydrogen) atoms. The van der Waals surface area contributed by atoms with Gasteiger partial charge in [0, 0.05) is 30.9 Å². The van der Waals surface area contributed by atoms with E-state index in [1.807, 2.05) is 18.2 Å². The lowest BCUT2D eigenvalue weighted by Crippen LogP contribution is -2.20. The largest absolute Gasteiger partial charge is 0.497 e. The zero-order valence-corrected chi connectivity index (χ0v) is 17.4. The molecular weight excluding hydrogens is 406 g/mol. The van der Waals surface area contributed by atoms with Crippen LogP contribution < -0.4 is 20.3 Å². The Morgan fingerprint density at radius 3 is 2.50 bits per heavy atom. The van der Waals surface area contributed by atoms with Gasteiger partial charge in [-0.15, -0.1) is 10.2 Å². The molecule has 9 nitrogen and oxygen atoms in total. The van der Waals surface area contributed by atoms with Gasteiger partial charge in [-0.25, -0.2) is 0 Å². The number of amides is 1. The first kappa shape index (κ1) is 19.8. The maximum Gasteiger partial charge on any atom is 0.262 e. The van der Waals surface area contributed by atoms with Crippen LogP contribution in [0, 0.1) is 0 Å². The Morgan fingerprint density at radius 2 is 1.80 bits per heavy atom. The number of ether oxygens (including phenoxy) is 2. The molecule has 0 spiro atoms. The van der Waals surface area contributed by atoms with Gasteiger partial charge >= 0.3 is 0 Å². The monoisotopic (exact) mass is 425 g/mol. The van der Waals surface area contributed by atoms with Gasteiger partial charge in [0.05, 0.1) is 30.9 Å². The summed E-state index contributed by atoms with van der Waals surface area (Å²) in [5.41, 5.74) is 1.11. The van der Waals surface area contributed by atoms with Gasteiger partial charge in [0.25, 0.3) is 5.56 Å². The number of aryl methyl sites for hydroxylation is 1. The van der Waals surface area contributed by atoms with Crippen molar-refractivity contribution in [1.29, 1.82) is 0 Å². The summed E-state index contributed by atoms with van der Waals surface area (Å²) in [7, 11) is 4.74. The number of thioether (sulfide) groups is 1. The van der Waals surface area contributed by atoms with Crippen LogP contribution in [-0.4, -0.2) is 45.0 Å². The molecule has 154 valence electrons. The fourth-order valence-electron chi connectivity index (χ4n) is 3.11. The summed E-state index contributed by atoms with van der Waals surface area (Å²) in [6.45, 7) is 0. The molecule has 2 aromatic carbocycles. The minimum absolute atomic E-state index is 0.109. The molecule has 0 radical (unpaired) electrons. The summed E-state index contributed by atoms with van der Waals surface area (Å²) >= 11 is 1.23. The number of benzene rings is 2. The van der Waals surface area contributed by atoms with Crippen molar-refractivity contribution in [2.24, 2.45) is 7.05 Å². The Bertz CT molecular complexity index is 1290. The van der Waals surface area contributed by atoms with Gasteiger partial charge in [0.15, 0.2) is 5.16 Å². The topological polar surface area (TPSA) is 99.7 Å². The number of methoxy groups -OCH3 is 2. The number of hydrogen-bond donors (Lipinski definition) is 1. The highest BCUT2D eigenvalue weighted by atomic mass is 32.2. The molecule has 0 aliphatic rings. The molecule has 10 heteroatoms. The third-order valence-corrected chi connectivity index (χ3v) is 5.49. The second-order valence-electron chi connectivity index (χ2n) is 6.44. The van der Waals surface area contributed by atoms with Crippen molar-refractivity contribution in [1.82, 2.24) is 19.2 Å². The van der Waals surface area contributed by atoms with Gasteiger partial charge in [-0.3, -0.25) is 18.6 Å². The standard InChI is InChI=1S/C20H19N5O4S/c1-24-18(27)15-6-4-5-7-16(15)25-19(24)22-23-20(25)30-11-17(26)21-12-8-13(28-2)10-14(9-12)29-3/h4-10H,11H2,1-3H3,(H,21,26). The van der Waals surface area contributed by atoms with Crippen LogP contribution in [0.2, 0.25) is 0 Å². The second kappa shape index (κ2) is 8.07.